The molecule has 0 aromatic carbocycles. The van der Waals surface area contributed by atoms with E-state index in [2.05, 4.69) is 19.9 Å². The average Bonchev–Trinajstić information content (AvgIpc) is 2.90. The maximum absolute atomic E-state index is 9.52. The first-order chi connectivity index (χ1) is 10.7. The van der Waals surface area contributed by atoms with Gasteiger partial charge >= 0.3 is 0 Å². The molecule has 0 aliphatic heterocycles. The maximum Gasteiger partial charge on any atom is 0.0459 e. The molecule has 0 spiro atoms. The molecule has 0 radical (unpaired) electrons. The summed E-state index contributed by atoms with van der Waals surface area (Å²) in [5.74, 6) is 5.58. The molecule has 1 heteroatoms. The normalized spacial score (nSPS) is 53.0. The smallest absolute Gasteiger partial charge is 0.0459 e. The second-order valence-electron chi connectivity index (χ2n) is 9.11. The molecule has 7 atom stereocenters. The van der Waals surface area contributed by atoms with Crippen LogP contribution in [0.4, 0.5) is 0 Å². The van der Waals surface area contributed by atoms with Gasteiger partial charge in [0.1, 0.15) is 0 Å². The minimum absolute atomic E-state index is 0.433. The monoisotopic (exact) mass is 302 g/mol. The highest BCUT2D eigenvalue weighted by Gasteiger charge is 2.54. The van der Waals surface area contributed by atoms with Crippen LogP contribution in [0.3, 0.4) is 0 Å². The van der Waals surface area contributed by atoms with Crippen LogP contribution in [0.15, 0.2) is 11.6 Å². The van der Waals surface area contributed by atoms with Gasteiger partial charge in [-0.3, -0.25) is 0 Å². The lowest BCUT2D eigenvalue weighted by Crippen LogP contribution is -2.47. The van der Waals surface area contributed by atoms with Crippen molar-refractivity contribution in [2.45, 2.75) is 71.6 Å². The first kappa shape index (κ1) is 15.2. The van der Waals surface area contributed by atoms with Crippen molar-refractivity contribution in [1.29, 1.82) is 0 Å². The number of aliphatic hydroxyl groups is 1. The molecule has 1 N–H and O–H groups in total. The fourth-order valence-electron chi connectivity index (χ4n) is 7.44. The second-order valence-corrected chi connectivity index (χ2v) is 9.11. The molecule has 4 saturated carbocycles. The molecule has 0 heterocycles. The lowest BCUT2D eigenvalue weighted by molar-refractivity contribution is -0.0521. The van der Waals surface area contributed by atoms with E-state index in [1.165, 1.54) is 57.8 Å². The van der Waals surface area contributed by atoms with Crippen molar-refractivity contribution in [2.24, 2.45) is 40.9 Å². The first-order valence-electron chi connectivity index (χ1n) is 9.94. The van der Waals surface area contributed by atoms with E-state index in [1.54, 1.807) is 5.57 Å². The van der Waals surface area contributed by atoms with Crippen molar-refractivity contribution in [3.05, 3.63) is 11.6 Å². The molecule has 4 rings (SSSR count). The van der Waals surface area contributed by atoms with Gasteiger partial charge in [0.05, 0.1) is 0 Å². The number of rotatable bonds is 1. The Balaban J connectivity index is 1.54. The van der Waals surface area contributed by atoms with Crippen molar-refractivity contribution in [1.82, 2.24) is 0 Å². The van der Waals surface area contributed by atoms with Gasteiger partial charge in [0, 0.05) is 6.61 Å². The van der Waals surface area contributed by atoms with Crippen LogP contribution in [-0.4, -0.2) is 11.7 Å². The predicted octanol–water partition coefficient (Wildman–Crippen LogP) is 5.19. The van der Waals surface area contributed by atoms with Gasteiger partial charge in [-0.05, 0) is 106 Å². The van der Waals surface area contributed by atoms with Gasteiger partial charge < -0.3 is 5.11 Å². The second kappa shape index (κ2) is 5.65. The Kier molecular flexibility index (Phi) is 3.92. The summed E-state index contributed by atoms with van der Waals surface area (Å²) in [7, 11) is 0. The van der Waals surface area contributed by atoms with Crippen LogP contribution in [0.25, 0.3) is 0 Å². The summed E-state index contributed by atoms with van der Waals surface area (Å²) in [6, 6.07) is 0. The van der Waals surface area contributed by atoms with E-state index in [0.29, 0.717) is 17.9 Å². The molecule has 0 bridgehead atoms. The molecule has 1 nitrogen and oxygen atoms in total. The van der Waals surface area contributed by atoms with Gasteiger partial charge in [-0.25, -0.2) is 0 Å². The lowest BCUT2D eigenvalue weighted by atomic mass is 9.50. The fourth-order valence-corrected chi connectivity index (χ4v) is 7.44. The molecule has 4 fully saturated rings. The maximum atomic E-state index is 9.52. The third-order valence-electron chi connectivity index (χ3n) is 8.52. The Bertz CT molecular complexity index is 453. The molecule has 4 aliphatic carbocycles. The fraction of sp³-hybridized carbons (Fsp3) is 0.905. The Morgan fingerprint density at radius 3 is 2.64 bits per heavy atom. The average molecular weight is 303 g/mol. The van der Waals surface area contributed by atoms with Crippen LogP contribution in [0.1, 0.15) is 71.6 Å². The Labute approximate surface area is 136 Å². The summed E-state index contributed by atoms with van der Waals surface area (Å²) in [6.45, 7) is 5.29. The van der Waals surface area contributed by atoms with Crippen LogP contribution in [0.2, 0.25) is 0 Å². The van der Waals surface area contributed by atoms with Crippen molar-refractivity contribution in [2.75, 3.05) is 6.61 Å². The zero-order valence-electron chi connectivity index (χ0n) is 14.6. The number of hydrogen-bond acceptors (Lipinski definition) is 1. The van der Waals surface area contributed by atoms with E-state index in [4.69, 9.17) is 0 Å². The van der Waals surface area contributed by atoms with Gasteiger partial charge in [-0.15, -0.1) is 0 Å². The summed E-state index contributed by atoms with van der Waals surface area (Å²) in [5, 5.41) is 9.52. The SMILES string of the molecule is C/C=C1/CCC2C3CCC4CC(CO)CCC4C3CCC12C. The lowest BCUT2D eigenvalue weighted by Gasteiger charge is -2.55. The van der Waals surface area contributed by atoms with E-state index in [1.807, 2.05) is 0 Å². The summed E-state index contributed by atoms with van der Waals surface area (Å²) >= 11 is 0. The highest BCUT2D eigenvalue weighted by molar-refractivity contribution is 5.23. The minimum Gasteiger partial charge on any atom is -0.396 e. The third-order valence-corrected chi connectivity index (χ3v) is 8.52. The van der Waals surface area contributed by atoms with E-state index >= 15 is 0 Å². The number of allylic oxidation sites excluding steroid dienone is 2. The number of fused-ring (bicyclic) bond motifs is 5. The van der Waals surface area contributed by atoms with Crippen LogP contribution in [0, 0.1) is 40.9 Å². The Morgan fingerprint density at radius 1 is 1.05 bits per heavy atom. The van der Waals surface area contributed by atoms with Crippen LogP contribution in [0.5, 0.6) is 0 Å². The zero-order valence-corrected chi connectivity index (χ0v) is 14.6. The molecule has 7 unspecified atom stereocenters. The number of aliphatic hydroxyl groups excluding tert-OH is 1. The van der Waals surface area contributed by atoms with Gasteiger partial charge in [-0.1, -0.05) is 18.6 Å². The molecular weight excluding hydrogens is 268 g/mol. The van der Waals surface area contributed by atoms with Gasteiger partial charge in [-0.2, -0.15) is 0 Å². The van der Waals surface area contributed by atoms with Crippen LogP contribution < -0.4 is 0 Å². The first-order valence-corrected chi connectivity index (χ1v) is 9.94. The predicted molar refractivity (Wildman–Crippen MR) is 91.4 cm³/mol. The quantitative estimate of drug-likeness (QED) is 0.661. The topological polar surface area (TPSA) is 20.2 Å². The van der Waals surface area contributed by atoms with Crippen LogP contribution in [-0.2, 0) is 0 Å². The van der Waals surface area contributed by atoms with Gasteiger partial charge in [0.2, 0.25) is 0 Å². The van der Waals surface area contributed by atoms with Crippen LogP contribution >= 0.6 is 0 Å². The molecule has 0 aromatic rings. The molecule has 124 valence electrons. The molecular formula is C21H34O. The van der Waals surface area contributed by atoms with E-state index in [9.17, 15) is 5.11 Å². The third kappa shape index (κ3) is 2.14. The van der Waals surface area contributed by atoms with Gasteiger partial charge in [0.15, 0.2) is 0 Å². The summed E-state index contributed by atoms with van der Waals surface area (Å²) in [4.78, 5) is 0. The largest absolute Gasteiger partial charge is 0.396 e. The summed E-state index contributed by atoms with van der Waals surface area (Å²) in [6.07, 6.45) is 15.2. The number of hydrogen-bond donors (Lipinski definition) is 1. The molecule has 22 heavy (non-hydrogen) atoms. The Morgan fingerprint density at radius 2 is 1.86 bits per heavy atom. The highest BCUT2D eigenvalue weighted by Crippen LogP contribution is 2.64. The Hall–Kier alpha value is -0.300. The standard InChI is InChI=1S/C21H34O/c1-3-16-6-9-20-19-8-5-15-12-14(13-22)4-7-17(15)18(19)10-11-21(16,20)2/h3,14-15,17-20,22H,4-13H2,1-2H3/b16-3-. The van der Waals surface area contributed by atoms with Crippen molar-refractivity contribution in [3.8, 4) is 0 Å². The molecule has 0 aromatic heterocycles. The molecule has 4 aliphatic rings. The molecule has 0 amide bonds. The minimum atomic E-state index is 0.433. The highest BCUT2D eigenvalue weighted by atomic mass is 16.3. The van der Waals surface area contributed by atoms with E-state index in [-0.39, 0.29) is 0 Å². The summed E-state index contributed by atoms with van der Waals surface area (Å²) < 4.78 is 0. The van der Waals surface area contributed by atoms with Crippen molar-refractivity contribution >= 4 is 0 Å². The van der Waals surface area contributed by atoms with E-state index in [0.717, 1.165) is 29.6 Å². The zero-order chi connectivity index (χ0) is 15.3. The van der Waals surface area contributed by atoms with Crippen molar-refractivity contribution < 1.29 is 5.11 Å². The molecule has 0 saturated heterocycles. The van der Waals surface area contributed by atoms with E-state index < -0.39 is 0 Å². The summed E-state index contributed by atoms with van der Waals surface area (Å²) in [5.41, 5.74) is 2.33. The van der Waals surface area contributed by atoms with Crippen molar-refractivity contribution in [3.63, 3.8) is 0 Å². The van der Waals surface area contributed by atoms with Gasteiger partial charge in [0.25, 0.3) is 0 Å².